The summed E-state index contributed by atoms with van der Waals surface area (Å²) in [5.41, 5.74) is 0. The predicted molar refractivity (Wildman–Crippen MR) is 102 cm³/mol. The van der Waals surface area contributed by atoms with Crippen LogP contribution in [0.2, 0.25) is 0 Å². The number of rotatable bonds is 15. The van der Waals surface area contributed by atoms with Gasteiger partial charge in [-0.3, -0.25) is 4.52 Å². The largest absolute Gasteiger partial charge is 0.505 e. The van der Waals surface area contributed by atoms with Gasteiger partial charge in [0.25, 0.3) is 0 Å². The Bertz CT molecular complexity index is 318. The van der Waals surface area contributed by atoms with Crippen molar-refractivity contribution in [3.05, 3.63) is 0 Å². The van der Waals surface area contributed by atoms with E-state index in [4.69, 9.17) is 8.83 Å². The molecule has 140 valence electrons. The highest BCUT2D eigenvalue weighted by molar-refractivity contribution is 7.77. The van der Waals surface area contributed by atoms with E-state index in [-0.39, 0.29) is 6.61 Å². The van der Waals surface area contributed by atoms with Crippen LogP contribution >= 0.6 is 15.3 Å². The zero-order valence-corrected chi connectivity index (χ0v) is 17.6. The Hall–Kier alpha value is 0.500. The highest BCUT2D eigenvalue weighted by Crippen LogP contribution is 2.71. The van der Waals surface area contributed by atoms with Gasteiger partial charge in [-0.2, -0.15) is 0 Å². The van der Waals surface area contributed by atoms with E-state index >= 15 is 0 Å². The van der Waals surface area contributed by atoms with Gasteiger partial charge in [0.15, 0.2) is 7.49 Å². The van der Waals surface area contributed by atoms with E-state index in [2.05, 4.69) is 20.8 Å². The molecule has 0 rings (SSSR count). The molecule has 0 saturated heterocycles. The Morgan fingerprint density at radius 3 is 1.74 bits per heavy atom. The van der Waals surface area contributed by atoms with Gasteiger partial charge in [-0.1, -0.05) is 40.0 Å². The number of phosphoric acid groups is 1. The van der Waals surface area contributed by atoms with Crippen LogP contribution in [0.1, 0.15) is 59.3 Å². The van der Waals surface area contributed by atoms with Gasteiger partial charge in [0.2, 0.25) is 0 Å². The summed E-state index contributed by atoms with van der Waals surface area (Å²) in [4.78, 5) is 12.1. The van der Waals surface area contributed by atoms with Crippen molar-refractivity contribution < 1.29 is 18.3 Å². The average molecular weight is 370 g/mol. The molecule has 0 fully saturated rings. The van der Waals surface area contributed by atoms with Gasteiger partial charge in [0.05, 0.1) is 25.1 Å². The summed E-state index contributed by atoms with van der Waals surface area (Å²) in [6.45, 7) is 7.29. The van der Waals surface area contributed by atoms with Crippen LogP contribution in [0.5, 0.6) is 0 Å². The van der Waals surface area contributed by atoms with E-state index in [0.29, 0.717) is 6.54 Å². The number of hydrogen-bond acceptors (Lipinski definition) is 4. The molecule has 5 nitrogen and oxygen atoms in total. The van der Waals surface area contributed by atoms with E-state index in [1.165, 1.54) is 0 Å². The number of phosphoric ester groups is 1. The molecule has 0 aliphatic carbocycles. The summed E-state index contributed by atoms with van der Waals surface area (Å²) in [6.07, 6.45) is 9.22. The molecule has 0 aromatic heterocycles. The molecular formula is C16H38NO4P2+. The molecule has 0 aliphatic rings. The highest BCUT2D eigenvalue weighted by Gasteiger charge is 2.45. The van der Waals surface area contributed by atoms with E-state index in [9.17, 15) is 9.46 Å². The summed E-state index contributed by atoms with van der Waals surface area (Å²) in [5, 5.41) is 0. The van der Waals surface area contributed by atoms with Gasteiger partial charge in [-0.05, 0) is 33.4 Å². The maximum absolute atomic E-state index is 12.4. The third-order valence-electron chi connectivity index (χ3n) is 3.83. The second-order valence-electron chi connectivity index (χ2n) is 6.48. The maximum Gasteiger partial charge on any atom is 0.505 e. The van der Waals surface area contributed by atoms with Crippen molar-refractivity contribution in [3.63, 3.8) is 0 Å². The summed E-state index contributed by atoms with van der Waals surface area (Å²) in [5.74, 6) is 0. The Labute approximate surface area is 144 Å². The molecule has 0 bridgehead atoms. The van der Waals surface area contributed by atoms with Crippen molar-refractivity contribution in [2.45, 2.75) is 59.3 Å². The molecule has 1 atom stereocenters. The van der Waals surface area contributed by atoms with Gasteiger partial charge in [-0.25, -0.2) is 4.57 Å². The molecule has 0 saturated carbocycles. The average Bonchev–Trinajstić information content (AvgIpc) is 2.47. The summed E-state index contributed by atoms with van der Waals surface area (Å²) < 4.78 is 23.5. The first kappa shape index (κ1) is 23.5. The van der Waals surface area contributed by atoms with Crippen LogP contribution in [0.3, 0.4) is 0 Å². The standard InChI is InChI=1S/C16H37NO4P2/c1-6-9-14-22(15-10-7-2,16-11-8-3)21-23(18,19)20-13-12-17(4)5/h6-16H2,1-5H3/p+1. The molecule has 0 spiro atoms. The minimum absolute atomic E-state index is 0.218. The molecule has 0 aliphatic heterocycles. The van der Waals surface area contributed by atoms with E-state index in [1.54, 1.807) is 0 Å². The zero-order chi connectivity index (χ0) is 17.8. The van der Waals surface area contributed by atoms with Crippen molar-refractivity contribution >= 4 is 15.3 Å². The van der Waals surface area contributed by atoms with Crippen molar-refractivity contribution in [1.29, 1.82) is 0 Å². The Morgan fingerprint density at radius 2 is 1.39 bits per heavy atom. The van der Waals surface area contributed by atoms with Gasteiger partial charge < -0.3 is 9.79 Å². The van der Waals surface area contributed by atoms with Crippen molar-refractivity contribution in [3.8, 4) is 0 Å². The van der Waals surface area contributed by atoms with Crippen LogP contribution < -0.4 is 0 Å². The van der Waals surface area contributed by atoms with Gasteiger partial charge in [0.1, 0.15) is 0 Å². The molecule has 23 heavy (non-hydrogen) atoms. The number of hydrogen-bond donors (Lipinski definition) is 1. The minimum Gasteiger partial charge on any atom is -0.307 e. The van der Waals surface area contributed by atoms with Crippen molar-refractivity contribution in [2.24, 2.45) is 0 Å². The predicted octanol–water partition coefficient (Wildman–Crippen LogP) is 5.01. The van der Waals surface area contributed by atoms with Crippen LogP contribution in [0.25, 0.3) is 0 Å². The second-order valence-corrected chi connectivity index (χ2v) is 11.8. The first-order valence-electron chi connectivity index (χ1n) is 9.00. The molecule has 1 unspecified atom stereocenters. The highest BCUT2D eigenvalue weighted by atomic mass is 31.3. The van der Waals surface area contributed by atoms with Crippen LogP contribution in [0, 0.1) is 0 Å². The fourth-order valence-corrected chi connectivity index (χ4v) is 8.96. The van der Waals surface area contributed by atoms with E-state index in [1.807, 2.05) is 19.0 Å². The first-order chi connectivity index (χ1) is 10.8. The summed E-state index contributed by atoms with van der Waals surface area (Å²) >= 11 is 0. The molecular weight excluding hydrogens is 332 g/mol. The molecule has 7 heteroatoms. The molecule has 0 heterocycles. The number of likely N-dealkylation sites (N-methyl/N-ethyl adjacent to an activating group) is 1. The van der Waals surface area contributed by atoms with Gasteiger partial charge >= 0.3 is 7.82 Å². The molecule has 0 radical (unpaired) electrons. The Morgan fingerprint density at radius 1 is 0.957 bits per heavy atom. The summed E-state index contributed by atoms with van der Waals surface area (Å²) in [6, 6.07) is 0. The molecule has 0 aromatic rings. The van der Waals surface area contributed by atoms with E-state index < -0.39 is 15.3 Å². The van der Waals surface area contributed by atoms with Gasteiger partial charge in [0, 0.05) is 6.54 Å². The lowest BCUT2D eigenvalue weighted by Crippen LogP contribution is -2.18. The second kappa shape index (κ2) is 12.8. The van der Waals surface area contributed by atoms with Crippen molar-refractivity contribution in [2.75, 3.05) is 45.7 Å². The minimum atomic E-state index is -3.97. The maximum atomic E-state index is 12.4. The lowest BCUT2D eigenvalue weighted by molar-refractivity contribution is 0.188. The lowest BCUT2D eigenvalue weighted by atomic mass is 10.4. The number of nitrogens with zero attached hydrogens (tertiary/aromatic N) is 1. The fourth-order valence-electron chi connectivity index (χ4n) is 2.38. The topological polar surface area (TPSA) is 59.0 Å². The van der Waals surface area contributed by atoms with Crippen LogP contribution in [0.15, 0.2) is 0 Å². The van der Waals surface area contributed by atoms with Gasteiger partial charge in [-0.15, -0.1) is 4.31 Å². The lowest BCUT2D eigenvalue weighted by Gasteiger charge is -2.27. The number of unbranched alkanes of at least 4 members (excludes halogenated alkanes) is 3. The SMILES string of the molecule is CCCC[P+](CCCC)(CCCC)OP(=O)(O)OCCN(C)C. The first-order valence-corrected chi connectivity index (χ1v) is 12.8. The van der Waals surface area contributed by atoms with Crippen LogP contribution in [-0.2, 0) is 13.4 Å². The van der Waals surface area contributed by atoms with Crippen LogP contribution in [0.4, 0.5) is 0 Å². The Kier molecular flexibility index (Phi) is 13.1. The van der Waals surface area contributed by atoms with Crippen LogP contribution in [-0.4, -0.2) is 55.5 Å². The fraction of sp³-hybridized carbons (Fsp3) is 1.00. The zero-order valence-electron chi connectivity index (χ0n) is 15.8. The third kappa shape index (κ3) is 11.6. The Balaban J connectivity index is 4.93. The quantitative estimate of drug-likeness (QED) is 0.410. The molecule has 0 aromatic carbocycles. The molecule has 1 N–H and O–H groups in total. The smallest absolute Gasteiger partial charge is 0.307 e. The van der Waals surface area contributed by atoms with E-state index in [0.717, 1.165) is 57.0 Å². The normalized spacial score (nSPS) is 15.1. The third-order valence-corrected chi connectivity index (χ3v) is 9.94. The summed E-state index contributed by atoms with van der Waals surface area (Å²) in [7, 11) is -2.03. The molecule has 0 amide bonds. The van der Waals surface area contributed by atoms with Crippen molar-refractivity contribution in [1.82, 2.24) is 4.90 Å². The monoisotopic (exact) mass is 370 g/mol.